The molecule has 0 bridgehead atoms. The van der Waals surface area contributed by atoms with E-state index in [9.17, 15) is 0 Å². The molecule has 1 atom stereocenters. The summed E-state index contributed by atoms with van der Waals surface area (Å²) in [4.78, 5) is 6.66. The van der Waals surface area contributed by atoms with Crippen LogP contribution in [-0.2, 0) is 5.88 Å². The number of nitrogens with zero attached hydrogens (tertiary/aromatic N) is 2. The summed E-state index contributed by atoms with van der Waals surface area (Å²) in [7, 11) is 2.12. The third-order valence-electron chi connectivity index (χ3n) is 2.78. The lowest BCUT2D eigenvalue weighted by Gasteiger charge is -2.25. The molecular formula is C11H15ClN2S. The molecule has 2 nitrogen and oxygen atoms in total. The summed E-state index contributed by atoms with van der Waals surface area (Å²) >= 11 is 7.83. The largest absolute Gasteiger partial charge is 0.356 e. The van der Waals surface area contributed by atoms with Crippen molar-refractivity contribution in [3.63, 3.8) is 0 Å². The number of rotatable bonds is 3. The number of anilines is 1. The van der Waals surface area contributed by atoms with Crippen molar-refractivity contribution >= 4 is 29.2 Å². The fourth-order valence-electron chi connectivity index (χ4n) is 1.75. The first-order valence-corrected chi connectivity index (χ1v) is 6.81. The molecule has 2 heterocycles. The summed E-state index contributed by atoms with van der Waals surface area (Å²) in [6.07, 6.45) is 3.10. The predicted octanol–water partition coefficient (Wildman–Crippen LogP) is 2.76. The predicted molar refractivity (Wildman–Crippen MR) is 67.9 cm³/mol. The number of pyridine rings is 1. The zero-order valence-electron chi connectivity index (χ0n) is 8.82. The van der Waals surface area contributed by atoms with Gasteiger partial charge in [0.05, 0.1) is 0 Å². The number of thioether (sulfide) groups is 1. The van der Waals surface area contributed by atoms with E-state index in [-0.39, 0.29) is 0 Å². The van der Waals surface area contributed by atoms with Crippen LogP contribution in [0.3, 0.4) is 0 Å². The van der Waals surface area contributed by atoms with Gasteiger partial charge in [-0.25, -0.2) is 4.98 Å². The lowest BCUT2D eigenvalue weighted by Crippen LogP contribution is -2.31. The first kappa shape index (κ1) is 11.1. The van der Waals surface area contributed by atoms with Crippen molar-refractivity contribution in [1.82, 2.24) is 4.98 Å². The molecule has 0 N–H and O–H groups in total. The second kappa shape index (κ2) is 5.08. The number of hydrogen-bond donors (Lipinski definition) is 0. The van der Waals surface area contributed by atoms with E-state index in [1.165, 1.54) is 17.9 Å². The van der Waals surface area contributed by atoms with Crippen molar-refractivity contribution in [2.24, 2.45) is 0 Å². The first-order chi connectivity index (χ1) is 7.31. The van der Waals surface area contributed by atoms with Gasteiger partial charge in [-0.3, -0.25) is 0 Å². The summed E-state index contributed by atoms with van der Waals surface area (Å²) in [5.74, 6) is 4.08. The van der Waals surface area contributed by atoms with E-state index in [4.69, 9.17) is 11.6 Å². The smallest absolute Gasteiger partial charge is 0.128 e. The van der Waals surface area contributed by atoms with Crippen molar-refractivity contribution < 1.29 is 0 Å². The molecule has 2 rings (SSSR count). The number of hydrogen-bond acceptors (Lipinski definition) is 3. The quantitative estimate of drug-likeness (QED) is 0.759. The Balaban J connectivity index is 2.13. The third kappa shape index (κ3) is 2.58. The first-order valence-electron chi connectivity index (χ1n) is 5.12. The molecule has 0 radical (unpaired) electrons. The molecule has 1 aromatic rings. The van der Waals surface area contributed by atoms with Crippen LogP contribution >= 0.6 is 23.4 Å². The standard InChI is InChI=1S/C11H15ClN2S/c1-14(10-3-5-15-8-10)11-6-9(7-12)2-4-13-11/h2,4,6,10H,3,5,7-8H2,1H3. The molecule has 0 aromatic carbocycles. The Morgan fingerprint density at radius 2 is 2.53 bits per heavy atom. The molecule has 0 aliphatic carbocycles. The van der Waals surface area contributed by atoms with Gasteiger partial charge in [0, 0.05) is 30.9 Å². The van der Waals surface area contributed by atoms with Crippen molar-refractivity contribution in [2.45, 2.75) is 18.3 Å². The molecule has 1 unspecified atom stereocenters. The lowest BCUT2D eigenvalue weighted by molar-refractivity contribution is 0.691. The highest BCUT2D eigenvalue weighted by Gasteiger charge is 2.20. The van der Waals surface area contributed by atoms with Gasteiger partial charge in [-0.15, -0.1) is 11.6 Å². The van der Waals surface area contributed by atoms with Crippen LogP contribution < -0.4 is 4.90 Å². The summed E-state index contributed by atoms with van der Waals surface area (Å²) in [5.41, 5.74) is 1.14. The van der Waals surface area contributed by atoms with Crippen LogP contribution in [0, 0.1) is 0 Å². The van der Waals surface area contributed by atoms with Crippen LogP contribution in [0.2, 0.25) is 0 Å². The van der Waals surface area contributed by atoms with E-state index in [2.05, 4.69) is 23.0 Å². The van der Waals surface area contributed by atoms with Crippen molar-refractivity contribution in [3.8, 4) is 0 Å². The molecule has 1 aromatic heterocycles. The average Bonchev–Trinajstić information content (AvgIpc) is 2.81. The van der Waals surface area contributed by atoms with Gasteiger partial charge in [0.2, 0.25) is 0 Å². The third-order valence-corrected chi connectivity index (χ3v) is 4.23. The molecule has 1 saturated heterocycles. The van der Waals surface area contributed by atoms with E-state index >= 15 is 0 Å². The van der Waals surface area contributed by atoms with E-state index < -0.39 is 0 Å². The SMILES string of the molecule is CN(c1cc(CCl)ccn1)C1CCSC1. The van der Waals surface area contributed by atoms with E-state index in [1.807, 2.05) is 24.0 Å². The highest BCUT2D eigenvalue weighted by atomic mass is 35.5. The second-order valence-electron chi connectivity index (χ2n) is 3.78. The van der Waals surface area contributed by atoms with Gasteiger partial charge in [-0.05, 0) is 29.9 Å². The number of aromatic nitrogens is 1. The molecule has 82 valence electrons. The zero-order chi connectivity index (χ0) is 10.7. The van der Waals surface area contributed by atoms with Crippen molar-refractivity contribution in [1.29, 1.82) is 0 Å². The maximum absolute atomic E-state index is 5.81. The average molecular weight is 243 g/mol. The molecular weight excluding hydrogens is 228 g/mol. The van der Waals surface area contributed by atoms with Gasteiger partial charge in [0.25, 0.3) is 0 Å². The molecule has 1 aliphatic heterocycles. The molecule has 1 aliphatic rings. The van der Waals surface area contributed by atoms with Crippen LogP contribution in [0.4, 0.5) is 5.82 Å². The lowest BCUT2D eigenvalue weighted by atomic mass is 10.2. The fourth-order valence-corrected chi connectivity index (χ4v) is 3.19. The summed E-state index contributed by atoms with van der Waals surface area (Å²) in [6, 6.07) is 4.68. The van der Waals surface area contributed by atoms with E-state index in [0.29, 0.717) is 11.9 Å². The molecule has 0 amide bonds. The molecule has 0 spiro atoms. The van der Waals surface area contributed by atoms with Gasteiger partial charge in [0.15, 0.2) is 0 Å². The summed E-state index contributed by atoms with van der Waals surface area (Å²) in [5, 5.41) is 0. The van der Waals surface area contributed by atoms with Crippen LogP contribution in [-0.4, -0.2) is 29.6 Å². The number of halogens is 1. The Kier molecular flexibility index (Phi) is 3.76. The normalized spacial score (nSPS) is 20.5. The van der Waals surface area contributed by atoms with E-state index in [0.717, 1.165) is 11.4 Å². The topological polar surface area (TPSA) is 16.1 Å². The maximum atomic E-state index is 5.81. The van der Waals surface area contributed by atoms with Crippen LogP contribution in [0.25, 0.3) is 0 Å². The number of alkyl halides is 1. The Hall–Kier alpha value is -0.410. The maximum Gasteiger partial charge on any atom is 0.128 e. The Morgan fingerprint density at radius 1 is 1.67 bits per heavy atom. The zero-order valence-corrected chi connectivity index (χ0v) is 10.4. The fraction of sp³-hybridized carbons (Fsp3) is 0.545. The highest BCUT2D eigenvalue weighted by Crippen LogP contribution is 2.25. The monoisotopic (exact) mass is 242 g/mol. The van der Waals surface area contributed by atoms with Gasteiger partial charge in [-0.2, -0.15) is 11.8 Å². The van der Waals surface area contributed by atoms with Gasteiger partial charge >= 0.3 is 0 Å². The molecule has 4 heteroatoms. The van der Waals surface area contributed by atoms with Crippen LogP contribution in [0.15, 0.2) is 18.3 Å². The van der Waals surface area contributed by atoms with Gasteiger partial charge in [-0.1, -0.05) is 0 Å². The Labute approximate surface area is 100 Å². The summed E-state index contributed by atoms with van der Waals surface area (Å²) in [6.45, 7) is 0. The minimum atomic E-state index is 0.558. The summed E-state index contributed by atoms with van der Waals surface area (Å²) < 4.78 is 0. The Morgan fingerprint density at radius 3 is 3.20 bits per heavy atom. The van der Waals surface area contributed by atoms with Crippen molar-refractivity contribution in [3.05, 3.63) is 23.9 Å². The minimum absolute atomic E-state index is 0.558. The molecule has 1 fully saturated rings. The van der Waals surface area contributed by atoms with Gasteiger partial charge in [0.1, 0.15) is 5.82 Å². The highest BCUT2D eigenvalue weighted by molar-refractivity contribution is 7.99. The van der Waals surface area contributed by atoms with Crippen LogP contribution in [0.1, 0.15) is 12.0 Å². The minimum Gasteiger partial charge on any atom is -0.356 e. The Bertz CT molecular complexity index is 326. The second-order valence-corrected chi connectivity index (χ2v) is 5.20. The van der Waals surface area contributed by atoms with E-state index in [1.54, 1.807) is 0 Å². The van der Waals surface area contributed by atoms with Gasteiger partial charge < -0.3 is 4.90 Å². The van der Waals surface area contributed by atoms with Crippen LogP contribution in [0.5, 0.6) is 0 Å². The molecule has 0 saturated carbocycles. The molecule has 15 heavy (non-hydrogen) atoms. The van der Waals surface area contributed by atoms with Crippen molar-refractivity contribution in [2.75, 3.05) is 23.5 Å².